The highest BCUT2D eigenvalue weighted by molar-refractivity contribution is 8.00. The average molecular weight is 222 g/mol. The molecule has 0 saturated carbocycles. The third kappa shape index (κ3) is 24.5. The van der Waals surface area contributed by atoms with Gasteiger partial charge in [-0.25, -0.2) is 0 Å². The highest BCUT2D eigenvalue weighted by Gasteiger charge is 1.77. The molecule has 0 atom stereocenters. The molecule has 0 aliphatic heterocycles. The number of unbranched alkanes of at least 4 members (excludes halogenated alkanes) is 2. The molecule has 0 aromatic rings. The fourth-order valence-electron chi connectivity index (χ4n) is 0.617. The van der Waals surface area contributed by atoms with Gasteiger partial charge in [0.2, 0.25) is 0 Å². The van der Waals surface area contributed by atoms with Gasteiger partial charge in [-0.15, -0.1) is 0 Å². The topological polar surface area (TPSA) is 39.7 Å². The van der Waals surface area contributed by atoms with Gasteiger partial charge in [0, 0.05) is 6.54 Å². The standard InChI is InChI=1S/C5H11NS2.C4H11N/c1-2-3-4-6-5(7)8;1-2-3-4-5/h2-4H2,1H3,(H2,6,7,8);2-5H2,1H3. The summed E-state index contributed by atoms with van der Waals surface area (Å²) < 4.78 is 0.485. The third-order valence-electron chi connectivity index (χ3n) is 1.40. The van der Waals surface area contributed by atoms with Crippen LogP contribution in [0.25, 0.3) is 0 Å². The summed E-state index contributed by atoms with van der Waals surface area (Å²) in [6.07, 6.45) is 4.89. The Morgan fingerprint density at radius 1 is 1.31 bits per heavy atom. The lowest BCUT2D eigenvalue weighted by molar-refractivity contribution is -0.368. The van der Waals surface area contributed by atoms with Gasteiger partial charge in [-0.1, -0.05) is 31.0 Å². The lowest BCUT2D eigenvalue weighted by Crippen LogP contribution is -2.49. The third-order valence-corrected chi connectivity index (χ3v) is 1.69. The highest BCUT2D eigenvalue weighted by atomic mass is 32.1. The second kappa shape index (κ2) is 14.6. The van der Waals surface area contributed by atoms with E-state index in [1.54, 1.807) is 0 Å². The van der Waals surface area contributed by atoms with E-state index in [9.17, 15) is 0 Å². The number of quaternary nitrogens is 1. The van der Waals surface area contributed by atoms with Crippen molar-refractivity contribution in [1.29, 1.82) is 0 Å². The summed E-state index contributed by atoms with van der Waals surface area (Å²) in [4.78, 5) is 0. The fourth-order valence-corrected chi connectivity index (χ4v) is 0.821. The summed E-state index contributed by atoms with van der Waals surface area (Å²) in [6, 6.07) is 0. The maximum Gasteiger partial charge on any atom is 0.0739 e. The molecule has 0 rings (SSSR count). The molecule has 13 heavy (non-hydrogen) atoms. The average Bonchev–Trinajstić information content (AvgIpc) is 2.07. The molecule has 0 radical (unpaired) electrons. The normalized spacial score (nSPS) is 8.54. The van der Waals surface area contributed by atoms with E-state index in [0.29, 0.717) is 4.32 Å². The second-order valence-corrected chi connectivity index (χ2v) is 3.85. The molecule has 0 spiro atoms. The Kier molecular flexibility index (Phi) is 17.4. The molecule has 0 fully saturated rings. The van der Waals surface area contributed by atoms with Crippen LogP contribution >= 0.6 is 12.2 Å². The van der Waals surface area contributed by atoms with Crippen LogP contribution in [0.15, 0.2) is 0 Å². The molecule has 0 heterocycles. The lowest BCUT2D eigenvalue weighted by Gasteiger charge is -2.06. The smallest absolute Gasteiger partial charge is 0.0739 e. The van der Waals surface area contributed by atoms with Crippen LogP contribution in [0, 0.1) is 0 Å². The van der Waals surface area contributed by atoms with Crippen molar-refractivity contribution in [2.75, 3.05) is 13.1 Å². The lowest BCUT2D eigenvalue weighted by atomic mass is 10.3. The molecule has 2 nitrogen and oxygen atoms in total. The SMILES string of the molecule is CCCCNC(=S)[S-].CCCC[NH3+]. The van der Waals surface area contributed by atoms with Gasteiger partial charge >= 0.3 is 0 Å². The molecule has 0 aliphatic carbocycles. The minimum absolute atomic E-state index is 0.485. The molecule has 0 unspecified atom stereocenters. The first-order chi connectivity index (χ1) is 6.18. The number of hydrogen-bond acceptors (Lipinski definition) is 2. The van der Waals surface area contributed by atoms with Crippen molar-refractivity contribution >= 4 is 29.2 Å². The molecular formula is C9H22N2S2. The van der Waals surface area contributed by atoms with Gasteiger partial charge in [-0.2, -0.15) is 0 Å². The van der Waals surface area contributed by atoms with Crippen molar-refractivity contribution in [2.24, 2.45) is 0 Å². The molecule has 0 amide bonds. The van der Waals surface area contributed by atoms with E-state index in [1.807, 2.05) is 0 Å². The predicted molar refractivity (Wildman–Crippen MR) is 65.5 cm³/mol. The van der Waals surface area contributed by atoms with Crippen LogP contribution in [0.5, 0.6) is 0 Å². The van der Waals surface area contributed by atoms with E-state index < -0.39 is 0 Å². The summed E-state index contributed by atoms with van der Waals surface area (Å²) in [5.74, 6) is 0. The Bertz CT molecular complexity index is 106. The summed E-state index contributed by atoms with van der Waals surface area (Å²) >= 11 is 9.23. The van der Waals surface area contributed by atoms with Crippen molar-refractivity contribution in [1.82, 2.24) is 5.32 Å². The summed E-state index contributed by atoms with van der Waals surface area (Å²) in [5.41, 5.74) is 3.68. The minimum Gasteiger partial charge on any atom is -0.412 e. The van der Waals surface area contributed by atoms with Crippen molar-refractivity contribution in [2.45, 2.75) is 39.5 Å². The Balaban J connectivity index is 0. The van der Waals surface area contributed by atoms with Crippen molar-refractivity contribution in [3.63, 3.8) is 0 Å². The van der Waals surface area contributed by atoms with E-state index in [0.717, 1.165) is 19.5 Å². The van der Waals surface area contributed by atoms with Crippen LogP contribution in [0.4, 0.5) is 0 Å². The molecule has 4 heteroatoms. The summed E-state index contributed by atoms with van der Waals surface area (Å²) in [6.45, 7) is 6.33. The van der Waals surface area contributed by atoms with Crippen molar-refractivity contribution < 1.29 is 5.73 Å². The van der Waals surface area contributed by atoms with Gasteiger partial charge < -0.3 is 35.9 Å². The molecule has 4 N–H and O–H groups in total. The van der Waals surface area contributed by atoms with Crippen LogP contribution in [0.1, 0.15) is 39.5 Å². The van der Waals surface area contributed by atoms with Gasteiger partial charge in [0.15, 0.2) is 0 Å². The van der Waals surface area contributed by atoms with Crippen LogP contribution in [-0.4, -0.2) is 17.4 Å². The maximum absolute atomic E-state index is 4.61. The molecule has 0 aromatic carbocycles. The zero-order chi connectivity index (χ0) is 10.5. The van der Waals surface area contributed by atoms with Crippen LogP contribution in [-0.2, 0) is 12.6 Å². The minimum atomic E-state index is 0.485. The van der Waals surface area contributed by atoms with Crippen LogP contribution in [0.2, 0.25) is 0 Å². The second-order valence-electron chi connectivity index (χ2n) is 2.77. The van der Waals surface area contributed by atoms with E-state index in [1.165, 1.54) is 19.3 Å². The first-order valence-corrected chi connectivity index (χ1v) is 5.74. The number of hydrogen-bond donors (Lipinski definition) is 2. The Morgan fingerprint density at radius 2 is 1.85 bits per heavy atom. The first-order valence-electron chi connectivity index (χ1n) is 4.93. The molecule has 80 valence electrons. The molecular weight excluding hydrogens is 200 g/mol. The molecule has 0 bridgehead atoms. The fraction of sp³-hybridized carbons (Fsp3) is 0.889. The Labute approximate surface area is 93.1 Å². The zero-order valence-corrected chi connectivity index (χ0v) is 10.4. The van der Waals surface area contributed by atoms with Crippen molar-refractivity contribution in [3.8, 4) is 0 Å². The van der Waals surface area contributed by atoms with Crippen molar-refractivity contribution in [3.05, 3.63) is 0 Å². The molecule has 0 aliphatic rings. The quantitative estimate of drug-likeness (QED) is 0.418. The van der Waals surface area contributed by atoms with Gasteiger partial charge in [0.05, 0.1) is 6.54 Å². The van der Waals surface area contributed by atoms with Gasteiger partial charge in [-0.05, 0) is 12.8 Å². The van der Waals surface area contributed by atoms with Gasteiger partial charge in [0.25, 0.3) is 0 Å². The number of thiocarbonyl (C=S) groups is 1. The van der Waals surface area contributed by atoms with E-state index >= 15 is 0 Å². The van der Waals surface area contributed by atoms with E-state index in [4.69, 9.17) is 0 Å². The van der Waals surface area contributed by atoms with Crippen LogP contribution < -0.4 is 11.1 Å². The number of rotatable bonds is 5. The van der Waals surface area contributed by atoms with Gasteiger partial charge in [-0.3, -0.25) is 0 Å². The highest BCUT2D eigenvalue weighted by Crippen LogP contribution is 1.81. The molecule has 0 aromatic heterocycles. The van der Waals surface area contributed by atoms with E-state index in [2.05, 4.69) is 49.7 Å². The number of nitrogens with one attached hydrogen (secondary N) is 1. The summed E-state index contributed by atoms with van der Waals surface area (Å²) in [7, 11) is 0. The summed E-state index contributed by atoms with van der Waals surface area (Å²) in [5, 5.41) is 2.89. The first kappa shape index (κ1) is 15.5. The Morgan fingerprint density at radius 3 is 2.08 bits per heavy atom. The Hall–Kier alpha value is 0.0700. The predicted octanol–water partition coefficient (Wildman–Crippen LogP) is 1.24. The van der Waals surface area contributed by atoms with Gasteiger partial charge in [0.1, 0.15) is 0 Å². The monoisotopic (exact) mass is 222 g/mol. The maximum atomic E-state index is 4.61. The van der Waals surface area contributed by atoms with E-state index in [-0.39, 0.29) is 0 Å². The van der Waals surface area contributed by atoms with Crippen LogP contribution in [0.3, 0.4) is 0 Å². The molecule has 0 saturated heterocycles. The largest absolute Gasteiger partial charge is 0.412 e. The zero-order valence-electron chi connectivity index (χ0n) is 8.77.